The zero-order chi connectivity index (χ0) is 42.8. The third kappa shape index (κ3) is 6.05. The summed E-state index contributed by atoms with van der Waals surface area (Å²) in [5.74, 6) is 0.690. The standard InChI is InChI=1S/C62H39N3/c1-3-18-41(19-4-1)62-63-57(44-22-15-21-42(37-44)48-30-16-31-55-52-29-13-14-32-59(52)65(61(48)55)45-23-5-2-6-24-45)39-58(64-62)51-35-36-53(50-28-12-11-27-49(50)51)60-47-26-10-8-20-43(47)38-56-46-25-9-7-17-40(46)33-34-54(56)60/h1-39H. The van der Waals surface area contributed by atoms with Gasteiger partial charge in [-0.2, -0.15) is 0 Å². The topological polar surface area (TPSA) is 30.7 Å². The molecule has 0 radical (unpaired) electrons. The summed E-state index contributed by atoms with van der Waals surface area (Å²) in [6, 6.07) is 85.2. The first-order chi connectivity index (χ1) is 32.2. The summed E-state index contributed by atoms with van der Waals surface area (Å²) < 4.78 is 2.40. The first kappa shape index (κ1) is 36.9. The number of aromatic nitrogens is 3. The SMILES string of the molecule is c1ccc(-c2nc(-c3cccc(-c4cccc5c6ccccc6n(-c6ccccc6)c45)c3)cc(-c3ccc(-c4c5ccccc5cc5c4ccc4ccccc45)c4ccccc34)n2)cc1. The second-order valence-corrected chi connectivity index (χ2v) is 16.9. The van der Waals surface area contributed by atoms with Crippen LogP contribution in [0.5, 0.6) is 0 Å². The van der Waals surface area contributed by atoms with E-state index in [1.54, 1.807) is 0 Å². The van der Waals surface area contributed by atoms with Crippen molar-refractivity contribution < 1.29 is 0 Å². The van der Waals surface area contributed by atoms with Crippen molar-refractivity contribution in [2.75, 3.05) is 0 Å². The molecule has 0 unspecified atom stereocenters. The fourth-order valence-electron chi connectivity index (χ4n) is 10.2. The zero-order valence-corrected chi connectivity index (χ0v) is 35.4. The van der Waals surface area contributed by atoms with E-state index < -0.39 is 0 Å². The van der Waals surface area contributed by atoms with E-state index in [1.165, 1.54) is 70.6 Å². The minimum Gasteiger partial charge on any atom is -0.309 e. The summed E-state index contributed by atoms with van der Waals surface area (Å²) in [5, 5.41) is 12.3. The molecule has 65 heavy (non-hydrogen) atoms. The van der Waals surface area contributed by atoms with Gasteiger partial charge in [0.15, 0.2) is 5.82 Å². The van der Waals surface area contributed by atoms with Gasteiger partial charge < -0.3 is 4.57 Å². The minimum atomic E-state index is 0.690. The number of nitrogens with zero attached hydrogens (tertiary/aromatic N) is 3. The molecule has 0 saturated carbocycles. The summed E-state index contributed by atoms with van der Waals surface area (Å²) in [6.45, 7) is 0. The van der Waals surface area contributed by atoms with Gasteiger partial charge in [-0.15, -0.1) is 0 Å². The Morgan fingerprint density at radius 3 is 1.72 bits per heavy atom. The van der Waals surface area contributed by atoms with E-state index in [0.29, 0.717) is 5.82 Å². The Balaban J connectivity index is 1.01. The van der Waals surface area contributed by atoms with Crippen molar-refractivity contribution in [3.63, 3.8) is 0 Å². The van der Waals surface area contributed by atoms with Crippen molar-refractivity contribution in [2.24, 2.45) is 0 Å². The summed E-state index contributed by atoms with van der Waals surface area (Å²) >= 11 is 0. The quantitative estimate of drug-likeness (QED) is 0.123. The fraction of sp³-hybridized carbons (Fsp3) is 0. The van der Waals surface area contributed by atoms with Crippen molar-refractivity contribution >= 4 is 64.9 Å². The average Bonchev–Trinajstić information content (AvgIpc) is 3.73. The van der Waals surface area contributed by atoms with E-state index in [1.807, 2.05) is 6.07 Å². The van der Waals surface area contributed by atoms with Gasteiger partial charge in [-0.25, -0.2) is 9.97 Å². The summed E-state index contributed by atoms with van der Waals surface area (Å²) in [6.07, 6.45) is 0. The molecule has 0 atom stereocenters. The van der Waals surface area contributed by atoms with Gasteiger partial charge in [0, 0.05) is 38.7 Å². The third-order valence-electron chi connectivity index (χ3n) is 13.2. The van der Waals surface area contributed by atoms with Gasteiger partial charge in [0.05, 0.1) is 22.4 Å². The van der Waals surface area contributed by atoms with Crippen LogP contribution in [0, 0.1) is 0 Å². The van der Waals surface area contributed by atoms with E-state index in [9.17, 15) is 0 Å². The lowest BCUT2D eigenvalue weighted by molar-refractivity contribution is 1.18. The number of benzene rings is 11. The summed E-state index contributed by atoms with van der Waals surface area (Å²) in [7, 11) is 0. The molecule has 0 aliphatic heterocycles. The molecule has 0 bridgehead atoms. The van der Waals surface area contributed by atoms with E-state index in [2.05, 4.69) is 235 Å². The second kappa shape index (κ2) is 15.0. The lowest BCUT2D eigenvalue weighted by Crippen LogP contribution is -1.97. The van der Waals surface area contributed by atoms with E-state index in [-0.39, 0.29) is 0 Å². The van der Waals surface area contributed by atoms with Gasteiger partial charge in [0.2, 0.25) is 0 Å². The fourth-order valence-corrected chi connectivity index (χ4v) is 10.2. The maximum absolute atomic E-state index is 5.36. The number of hydrogen-bond acceptors (Lipinski definition) is 2. The molecule has 2 heterocycles. The Hall–Kier alpha value is -8.66. The molecule has 13 rings (SSSR count). The van der Waals surface area contributed by atoms with Crippen molar-refractivity contribution in [2.45, 2.75) is 0 Å². The van der Waals surface area contributed by atoms with Crippen LogP contribution in [0.1, 0.15) is 0 Å². The predicted molar refractivity (Wildman–Crippen MR) is 274 cm³/mol. The highest BCUT2D eigenvalue weighted by Crippen LogP contribution is 2.45. The maximum atomic E-state index is 5.36. The highest BCUT2D eigenvalue weighted by molar-refractivity contribution is 6.23. The van der Waals surface area contributed by atoms with Gasteiger partial charge in [-0.05, 0) is 96.2 Å². The van der Waals surface area contributed by atoms with Crippen molar-refractivity contribution in [1.82, 2.24) is 14.5 Å². The van der Waals surface area contributed by atoms with Gasteiger partial charge in [-0.1, -0.05) is 200 Å². The Morgan fingerprint density at radius 1 is 0.292 bits per heavy atom. The van der Waals surface area contributed by atoms with Crippen LogP contribution >= 0.6 is 0 Å². The monoisotopic (exact) mass is 825 g/mol. The molecule has 0 amide bonds. The number of hydrogen-bond donors (Lipinski definition) is 0. The summed E-state index contributed by atoms with van der Waals surface area (Å²) in [5.41, 5.74) is 13.0. The third-order valence-corrected chi connectivity index (χ3v) is 13.2. The molecule has 0 aliphatic carbocycles. The average molecular weight is 826 g/mol. The Bertz CT molecular complexity index is 4000. The molecule has 11 aromatic carbocycles. The van der Waals surface area contributed by atoms with Crippen LogP contribution in [-0.4, -0.2) is 14.5 Å². The molecule has 302 valence electrons. The predicted octanol–water partition coefficient (Wildman–Crippen LogP) is 16.5. The minimum absolute atomic E-state index is 0.690. The van der Waals surface area contributed by atoms with Crippen LogP contribution in [0.4, 0.5) is 0 Å². The largest absolute Gasteiger partial charge is 0.309 e. The van der Waals surface area contributed by atoms with Gasteiger partial charge in [0.25, 0.3) is 0 Å². The van der Waals surface area contributed by atoms with Crippen LogP contribution in [0.3, 0.4) is 0 Å². The number of rotatable bonds is 6. The number of fused-ring (bicyclic) bond motifs is 8. The Morgan fingerprint density at radius 2 is 0.892 bits per heavy atom. The smallest absolute Gasteiger partial charge is 0.160 e. The second-order valence-electron chi connectivity index (χ2n) is 16.9. The van der Waals surface area contributed by atoms with Crippen LogP contribution in [-0.2, 0) is 0 Å². The van der Waals surface area contributed by atoms with Crippen LogP contribution in [0.15, 0.2) is 237 Å². The molecule has 13 aromatic rings. The van der Waals surface area contributed by atoms with E-state index in [0.717, 1.165) is 50.3 Å². The first-order valence-electron chi connectivity index (χ1n) is 22.2. The summed E-state index contributed by atoms with van der Waals surface area (Å²) in [4.78, 5) is 10.7. The normalized spacial score (nSPS) is 11.7. The zero-order valence-electron chi connectivity index (χ0n) is 35.4. The number of para-hydroxylation sites is 3. The van der Waals surface area contributed by atoms with Crippen molar-refractivity contribution in [1.29, 1.82) is 0 Å². The molecule has 0 fully saturated rings. The van der Waals surface area contributed by atoms with Crippen LogP contribution < -0.4 is 0 Å². The molecule has 0 saturated heterocycles. The molecular weight excluding hydrogens is 787 g/mol. The van der Waals surface area contributed by atoms with Crippen LogP contribution in [0.2, 0.25) is 0 Å². The maximum Gasteiger partial charge on any atom is 0.160 e. The Labute approximate surface area is 376 Å². The van der Waals surface area contributed by atoms with E-state index >= 15 is 0 Å². The van der Waals surface area contributed by atoms with Gasteiger partial charge in [0.1, 0.15) is 0 Å². The highest BCUT2D eigenvalue weighted by Gasteiger charge is 2.20. The highest BCUT2D eigenvalue weighted by atomic mass is 15.0. The van der Waals surface area contributed by atoms with Crippen LogP contribution in [0.25, 0.3) is 127 Å². The van der Waals surface area contributed by atoms with Crippen molar-refractivity contribution in [3.8, 4) is 61.8 Å². The lowest BCUT2D eigenvalue weighted by Gasteiger charge is -2.18. The molecular formula is C62H39N3. The molecule has 2 aromatic heterocycles. The van der Waals surface area contributed by atoms with E-state index in [4.69, 9.17) is 9.97 Å². The van der Waals surface area contributed by atoms with Gasteiger partial charge in [-0.3, -0.25) is 0 Å². The van der Waals surface area contributed by atoms with Gasteiger partial charge >= 0.3 is 0 Å². The molecule has 0 N–H and O–H groups in total. The lowest BCUT2D eigenvalue weighted by atomic mass is 9.86. The molecule has 0 aliphatic rings. The first-order valence-corrected chi connectivity index (χ1v) is 22.2. The molecule has 3 heteroatoms. The molecule has 3 nitrogen and oxygen atoms in total. The Kier molecular flexibility index (Phi) is 8.53. The molecule has 0 spiro atoms. The van der Waals surface area contributed by atoms with Crippen molar-refractivity contribution in [3.05, 3.63) is 237 Å².